The molecule has 6 nitrogen and oxygen atoms in total. The summed E-state index contributed by atoms with van der Waals surface area (Å²) in [6.07, 6.45) is 3.64. The zero-order valence-corrected chi connectivity index (χ0v) is 7.81. The second-order valence-electron chi connectivity index (χ2n) is 3.18. The van der Waals surface area contributed by atoms with Gasteiger partial charge in [0.15, 0.2) is 0 Å². The van der Waals surface area contributed by atoms with Crippen molar-refractivity contribution in [1.82, 2.24) is 9.97 Å². The van der Waals surface area contributed by atoms with Crippen LogP contribution in [0, 0.1) is 11.3 Å². The number of H-pyrrole nitrogens is 1. The third kappa shape index (κ3) is 1.55. The number of nitrogens with one attached hydrogen (secondary N) is 1. The van der Waals surface area contributed by atoms with E-state index in [0.29, 0.717) is 6.42 Å². The van der Waals surface area contributed by atoms with Crippen molar-refractivity contribution in [1.29, 1.82) is 5.26 Å². The topological polar surface area (TPSA) is 111 Å². The molecular formula is C9H9N5O. The summed E-state index contributed by atoms with van der Waals surface area (Å²) in [5.74, 6) is 0.0316. The molecule has 1 aliphatic rings. The van der Waals surface area contributed by atoms with E-state index in [2.05, 4.69) is 15.0 Å². The molecule has 0 aliphatic carbocycles. The van der Waals surface area contributed by atoms with Gasteiger partial charge in [-0.25, -0.2) is 4.98 Å². The fourth-order valence-corrected chi connectivity index (χ4v) is 1.45. The van der Waals surface area contributed by atoms with Crippen molar-refractivity contribution in [3.05, 3.63) is 29.6 Å². The third-order valence-electron chi connectivity index (χ3n) is 2.20. The van der Waals surface area contributed by atoms with Crippen LogP contribution in [-0.2, 0) is 6.42 Å². The van der Waals surface area contributed by atoms with Gasteiger partial charge in [-0.15, -0.1) is 0 Å². The van der Waals surface area contributed by atoms with Crippen LogP contribution in [0.3, 0.4) is 0 Å². The molecule has 0 aromatic carbocycles. The molecule has 0 radical (unpaired) electrons. The Bertz CT molecular complexity index is 465. The van der Waals surface area contributed by atoms with Crippen LogP contribution in [-0.4, -0.2) is 27.0 Å². The fraction of sp³-hybridized carbons (Fsp3) is 0.222. The van der Waals surface area contributed by atoms with Crippen LogP contribution in [0.15, 0.2) is 28.8 Å². The van der Waals surface area contributed by atoms with Gasteiger partial charge in [-0.2, -0.15) is 5.26 Å². The van der Waals surface area contributed by atoms with E-state index in [1.807, 2.05) is 6.07 Å². The lowest BCUT2D eigenvalue weighted by Crippen LogP contribution is -2.11. The number of aliphatic hydroxyl groups excluding tert-OH is 1. The van der Waals surface area contributed by atoms with E-state index in [1.165, 1.54) is 0 Å². The average molecular weight is 203 g/mol. The Hall–Kier alpha value is -2.29. The number of aliphatic hydroxyl groups is 1. The van der Waals surface area contributed by atoms with Crippen LogP contribution in [0.1, 0.15) is 5.69 Å². The van der Waals surface area contributed by atoms with Crippen molar-refractivity contribution in [3.63, 3.8) is 0 Å². The molecule has 6 heteroatoms. The van der Waals surface area contributed by atoms with Crippen molar-refractivity contribution >= 4 is 5.84 Å². The summed E-state index contributed by atoms with van der Waals surface area (Å²) in [6, 6.07) is 1.35. The predicted molar refractivity (Wildman–Crippen MR) is 53.0 cm³/mol. The van der Waals surface area contributed by atoms with E-state index < -0.39 is 6.04 Å². The molecule has 0 fully saturated rings. The molecule has 2 heterocycles. The van der Waals surface area contributed by atoms with Gasteiger partial charge in [0.25, 0.3) is 0 Å². The minimum absolute atomic E-state index is 0.0652. The Morgan fingerprint density at radius 2 is 2.47 bits per heavy atom. The number of hydrogen-bond donors (Lipinski definition) is 3. The summed E-state index contributed by atoms with van der Waals surface area (Å²) in [5.41, 5.74) is 6.39. The SMILES string of the molecule is N#CC1=C(O)[C@H](Cc2cnc[nH]2)N=C1N. The number of aliphatic imine (C=N–C) groups is 1. The van der Waals surface area contributed by atoms with Crippen LogP contribution in [0.5, 0.6) is 0 Å². The second kappa shape index (κ2) is 3.46. The Labute approximate surface area is 85.8 Å². The summed E-state index contributed by atoms with van der Waals surface area (Å²) in [6.45, 7) is 0. The van der Waals surface area contributed by atoms with Crippen molar-refractivity contribution in [3.8, 4) is 6.07 Å². The normalized spacial score (nSPS) is 20.2. The van der Waals surface area contributed by atoms with Crippen molar-refractivity contribution < 1.29 is 5.11 Å². The number of hydrogen-bond acceptors (Lipinski definition) is 5. The number of nitriles is 1. The summed E-state index contributed by atoms with van der Waals surface area (Å²) < 4.78 is 0. The Balaban J connectivity index is 2.21. The van der Waals surface area contributed by atoms with Crippen LogP contribution in [0.25, 0.3) is 0 Å². The standard InChI is InChI=1S/C9H9N5O/c10-2-6-8(15)7(14-9(6)11)1-5-3-12-4-13-5/h3-4,7,15H,1H2,(H2,11,14)(H,12,13)/t7-/m0/s1. The van der Waals surface area contributed by atoms with E-state index in [9.17, 15) is 5.11 Å². The minimum Gasteiger partial charge on any atom is -0.508 e. The molecular weight excluding hydrogens is 194 g/mol. The maximum Gasteiger partial charge on any atom is 0.140 e. The smallest absolute Gasteiger partial charge is 0.140 e. The Morgan fingerprint density at radius 3 is 3.00 bits per heavy atom. The van der Waals surface area contributed by atoms with Gasteiger partial charge in [0.2, 0.25) is 0 Å². The highest BCUT2D eigenvalue weighted by Gasteiger charge is 2.26. The van der Waals surface area contributed by atoms with Gasteiger partial charge in [-0.3, -0.25) is 4.99 Å². The highest BCUT2D eigenvalue weighted by molar-refractivity contribution is 6.03. The largest absolute Gasteiger partial charge is 0.508 e. The van der Waals surface area contributed by atoms with Gasteiger partial charge in [0.1, 0.15) is 29.3 Å². The number of aromatic nitrogens is 2. The molecule has 0 amide bonds. The van der Waals surface area contributed by atoms with Gasteiger partial charge >= 0.3 is 0 Å². The van der Waals surface area contributed by atoms with Gasteiger partial charge in [-0.05, 0) is 0 Å². The van der Waals surface area contributed by atoms with Crippen LogP contribution in [0.4, 0.5) is 0 Å². The maximum atomic E-state index is 9.65. The summed E-state index contributed by atoms with van der Waals surface area (Å²) in [4.78, 5) is 10.7. The fourth-order valence-electron chi connectivity index (χ4n) is 1.45. The summed E-state index contributed by atoms with van der Waals surface area (Å²) in [5, 5.41) is 18.3. The molecule has 2 rings (SSSR count). The van der Waals surface area contributed by atoms with E-state index >= 15 is 0 Å². The average Bonchev–Trinajstić information content (AvgIpc) is 2.78. The molecule has 0 saturated heterocycles. The first kappa shape index (κ1) is 9.27. The number of amidine groups is 1. The molecule has 1 atom stereocenters. The first-order valence-corrected chi connectivity index (χ1v) is 4.36. The Morgan fingerprint density at radius 1 is 1.67 bits per heavy atom. The minimum atomic E-state index is -0.472. The molecule has 76 valence electrons. The molecule has 0 spiro atoms. The zero-order valence-electron chi connectivity index (χ0n) is 7.81. The molecule has 1 aromatic heterocycles. The number of imidazole rings is 1. The Kier molecular flexibility index (Phi) is 2.14. The van der Waals surface area contributed by atoms with E-state index in [4.69, 9.17) is 11.0 Å². The van der Waals surface area contributed by atoms with Crippen LogP contribution < -0.4 is 5.73 Å². The van der Waals surface area contributed by atoms with E-state index in [1.54, 1.807) is 12.5 Å². The quantitative estimate of drug-likeness (QED) is 0.629. The zero-order chi connectivity index (χ0) is 10.8. The lowest BCUT2D eigenvalue weighted by atomic mass is 10.1. The van der Waals surface area contributed by atoms with Crippen LogP contribution >= 0.6 is 0 Å². The monoisotopic (exact) mass is 203 g/mol. The highest BCUT2D eigenvalue weighted by Crippen LogP contribution is 2.20. The molecule has 1 aliphatic heterocycles. The van der Waals surface area contributed by atoms with Crippen molar-refractivity contribution in [2.45, 2.75) is 12.5 Å². The number of rotatable bonds is 2. The maximum absolute atomic E-state index is 9.65. The lowest BCUT2D eigenvalue weighted by Gasteiger charge is -2.04. The first-order valence-electron chi connectivity index (χ1n) is 4.36. The molecule has 1 aromatic rings. The molecule has 0 saturated carbocycles. The number of nitrogens with two attached hydrogens (primary N) is 1. The number of aromatic amines is 1. The first-order chi connectivity index (χ1) is 7.22. The van der Waals surface area contributed by atoms with Gasteiger partial charge in [0.05, 0.1) is 6.33 Å². The van der Waals surface area contributed by atoms with E-state index in [0.717, 1.165) is 5.69 Å². The third-order valence-corrected chi connectivity index (χ3v) is 2.20. The van der Waals surface area contributed by atoms with Crippen LogP contribution in [0.2, 0.25) is 0 Å². The summed E-state index contributed by atoms with van der Waals surface area (Å²) >= 11 is 0. The molecule has 4 N–H and O–H groups in total. The molecule has 15 heavy (non-hydrogen) atoms. The predicted octanol–water partition coefficient (Wildman–Crippen LogP) is 0.0273. The van der Waals surface area contributed by atoms with Gasteiger partial charge in [0, 0.05) is 18.3 Å². The summed E-state index contributed by atoms with van der Waals surface area (Å²) in [7, 11) is 0. The molecule has 0 bridgehead atoms. The van der Waals surface area contributed by atoms with Crippen molar-refractivity contribution in [2.24, 2.45) is 10.7 Å². The van der Waals surface area contributed by atoms with Gasteiger partial charge in [-0.1, -0.05) is 0 Å². The highest BCUT2D eigenvalue weighted by atomic mass is 16.3. The second-order valence-corrected chi connectivity index (χ2v) is 3.18. The van der Waals surface area contributed by atoms with E-state index in [-0.39, 0.29) is 17.2 Å². The number of nitrogens with zero attached hydrogens (tertiary/aromatic N) is 3. The molecule has 0 unspecified atom stereocenters. The van der Waals surface area contributed by atoms with Gasteiger partial charge < -0.3 is 15.8 Å². The van der Waals surface area contributed by atoms with Crippen molar-refractivity contribution in [2.75, 3.05) is 0 Å². The lowest BCUT2D eigenvalue weighted by molar-refractivity contribution is 0.369.